The Morgan fingerprint density at radius 1 is 1.32 bits per heavy atom. The van der Waals surface area contributed by atoms with Crippen molar-refractivity contribution in [2.75, 3.05) is 13.7 Å². The van der Waals surface area contributed by atoms with Crippen LogP contribution in [0.15, 0.2) is 42.3 Å². The van der Waals surface area contributed by atoms with Crippen LogP contribution in [0.5, 0.6) is 5.75 Å². The molecule has 0 bridgehead atoms. The van der Waals surface area contributed by atoms with Gasteiger partial charge in [0.2, 0.25) is 0 Å². The summed E-state index contributed by atoms with van der Waals surface area (Å²) in [6, 6.07) is 1.67. The Morgan fingerprint density at radius 2 is 2.11 bits per heavy atom. The van der Waals surface area contributed by atoms with Gasteiger partial charge in [-0.1, -0.05) is 18.6 Å². The largest absolute Gasteiger partial charge is 0.496 e. The van der Waals surface area contributed by atoms with E-state index < -0.39 is 58.9 Å². The second-order valence-corrected chi connectivity index (χ2v) is 11.5. The zero-order valence-corrected chi connectivity index (χ0v) is 21.1. The van der Waals surface area contributed by atoms with Gasteiger partial charge in [0, 0.05) is 29.1 Å². The third-order valence-electron chi connectivity index (χ3n) is 10.2. The van der Waals surface area contributed by atoms with Crippen LogP contribution in [-0.2, 0) is 19.1 Å². The molecule has 1 aromatic rings. The van der Waals surface area contributed by atoms with E-state index in [0.29, 0.717) is 36.1 Å². The Balaban J connectivity index is 1.43. The van der Waals surface area contributed by atoms with Crippen LogP contribution in [-0.4, -0.2) is 64.0 Å². The third-order valence-corrected chi connectivity index (χ3v) is 10.2. The van der Waals surface area contributed by atoms with Crippen LogP contribution >= 0.6 is 0 Å². The number of methoxy groups -OCH3 is 1. The van der Waals surface area contributed by atoms with Crippen LogP contribution < -0.4 is 4.74 Å². The van der Waals surface area contributed by atoms with Gasteiger partial charge in [-0.25, -0.2) is 4.39 Å². The molecular formula is C28H32FNO7. The molecule has 4 fully saturated rings. The van der Waals surface area contributed by atoms with Crippen molar-refractivity contribution in [3.05, 3.63) is 47.8 Å². The number of allylic oxidation sites excluding steroid dienone is 4. The summed E-state index contributed by atoms with van der Waals surface area (Å²) in [5.74, 6) is -1.20. The van der Waals surface area contributed by atoms with Gasteiger partial charge in [-0.3, -0.25) is 14.6 Å². The smallest absolute Gasteiger partial charge is 0.193 e. The Morgan fingerprint density at radius 3 is 2.84 bits per heavy atom. The predicted molar refractivity (Wildman–Crippen MR) is 128 cm³/mol. The summed E-state index contributed by atoms with van der Waals surface area (Å²) >= 11 is 0. The number of aliphatic hydroxyl groups is 2. The second-order valence-electron chi connectivity index (χ2n) is 11.5. The monoisotopic (exact) mass is 513 g/mol. The van der Waals surface area contributed by atoms with E-state index in [0.717, 1.165) is 0 Å². The van der Waals surface area contributed by atoms with Gasteiger partial charge >= 0.3 is 0 Å². The molecule has 0 radical (unpaired) electrons. The molecule has 9 atom stereocenters. The summed E-state index contributed by atoms with van der Waals surface area (Å²) in [5, 5.41) is 21.6. The highest BCUT2D eigenvalue weighted by Crippen LogP contribution is 2.72. The lowest BCUT2D eigenvalue weighted by Crippen LogP contribution is -2.69. The molecule has 1 unspecified atom stereocenters. The number of carbonyl (C=O) groups is 2. The molecular weight excluding hydrogens is 481 g/mol. The van der Waals surface area contributed by atoms with Crippen molar-refractivity contribution in [2.24, 2.45) is 22.7 Å². The zero-order valence-electron chi connectivity index (χ0n) is 21.1. The molecule has 2 heterocycles. The first-order valence-electron chi connectivity index (χ1n) is 12.8. The number of hydrogen-bond acceptors (Lipinski definition) is 8. The molecule has 0 aromatic carbocycles. The quantitative estimate of drug-likeness (QED) is 0.632. The minimum Gasteiger partial charge on any atom is -0.496 e. The number of hydrogen-bond donors (Lipinski definition) is 2. The lowest BCUT2D eigenvalue weighted by atomic mass is 9.44. The molecule has 198 valence electrons. The highest BCUT2D eigenvalue weighted by molar-refractivity contribution is 6.01. The normalized spacial score (nSPS) is 45.9. The number of nitrogens with zero attached hydrogens (tertiary/aromatic N) is 1. The minimum absolute atomic E-state index is 0.0577. The number of Topliss-reactive ketones (excluding diaryl/α,β-unsaturated/α-hetero) is 1. The van der Waals surface area contributed by atoms with Gasteiger partial charge in [0.15, 0.2) is 29.1 Å². The molecule has 1 aromatic heterocycles. The SMILES string of the molecule is COc1ccncc1C1O[C@@H]2C[C@H]3[C@@H]4CCC5=CC(=O)C=C[C@]5(C)[C@@]4(F)[C@@H](O)C[C@]3(C)[C@]2(C(=O)CO)O1. The number of halogens is 1. The van der Waals surface area contributed by atoms with Gasteiger partial charge in [-0.15, -0.1) is 0 Å². The number of ether oxygens (including phenoxy) is 3. The first kappa shape index (κ1) is 24.9. The first-order valence-corrected chi connectivity index (χ1v) is 12.8. The van der Waals surface area contributed by atoms with Crippen molar-refractivity contribution in [3.8, 4) is 5.75 Å². The van der Waals surface area contributed by atoms with E-state index in [1.165, 1.54) is 19.3 Å². The number of alkyl halides is 1. The second kappa shape index (κ2) is 8.02. The fourth-order valence-electron chi connectivity index (χ4n) is 8.47. The maximum absolute atomic E-state index is 17.4. The molecule has 0 spiro atoms. The highest BCUT2D eigenvalue weighted by atomic mass is 19.1. The van der Waals surface area contributed by atoms with E-state index in [1.54, 1.807) is 31.5 Å². The van der Waals surface area contributed by atoms with Crippen molar-refractivity contribution in [1.82, 2.24) is 4.98 Å². The number of aliphatic hydroxyl groups excluding tert-OH is 2. The van der Waals surface area contributed by atoms with E-state index >= 15 is 4.39 Å². The highest BCUT2D eigenvalue weighted by Gasteiger charge is 2.79. The zero-order chi connectivity index (χ0) is 26.4. The van der Waals surface area contributed by atoms with Gasteiger partial charge in [-0.2, -0.15) is 0 Å². The van der Waals surface area contributed by atoms with Crippen LogP contribution in [0.25, 0.3) is 0 Å². The lowest BCUT2D eigenvalue weighted by Gasteiger charge is -2.62. The average molecular weight is 514 g/mol. The summed E-state index contributed by atoms with van der Waals surface area (Å²) in [6.07, 6.45) is 5.67. The van der Waals surface area contributed by atoms with E-state index in [-0.39, 0.29) is 18.1 Å². The van der Waals surface area contributed by atoms with Crippen LogP contribution in [0.2, 0.25) is 0 Å². The Hall–Kier alpha value is -2.46. The van der Waals surface area contributed by atoms with Crippen molar-refractivity contribution in [3.63, 3.8) is 0 Å². The van der Waals surface area contributed by atoms with Gasteiger partial charge in [0.1, 0.15) is 12.4 Å². The Bertz CT molecular complexity index is 1230. The Kier molecular flexibility index (Phi) is 5.39. The summed E-state index contributed by atoms with van der Waals surface area (Å²) in [4.78, 5) is 29.8. The molecule has 0 amide bonds. The molecule has 37 heavy (non-hydrogen) atoms. The van der Waals surface area contributed by atoms with Gasteiger partial charge in [0.25, 0.3) is 0 Å². The van der Waals surface area contributed by atoms with Crippen molar-refractivity contribution in [1.29, 1.82) is 0 Å². The summed E-state index contributed by atoms with van der Waals surface area (Å²) in [5.41, 5.74) is -4.55. The molecule has 2 N–H and O–H groups in total. The van der Waals surface area contributed by atoms with Crippen molar-refractivity contribution >= 4 is 11.6 Å². The minimum atomic E-state index is -2.04. The molecule has 9 heteroatoms. The van der Waals surface area contributed by atoms with Crippen LogP contribution in [0.3, 0.4) is 0 Å². The van der Waals surface area contributed by atoms with E-state index in [4.69, 9.17) is 14.2 Å². The summed E-state index contributed by atoms with van der Waals surface area (Å²) in [7, 11) is 1.51. The van der Waals surface area contributed by atoms with Crippen molar-refractivity contribution in [2.45, 2.75) is 69.3 Å². The molecule has 1 aliphatic heterocycles. The summed E-state index contributed by atoms with van der Waals surface area (Å²) in [6.45, 7) is 2.84. The molecule has 3 saturated carbocycles. The lowest BCUT2D eigenvalue weighted by molar-refractivity contribution is -0.231. The van der Waals surface area contributed by atoms with Crippen LogP contribution in [0.1, 0.15) is 51.4 Å². The number of pyridine rings is 1. The molecule has 6 rings (SSSR count). The molecule has 5 aliphatic rings. The third kappa shape index (κ3) is 2.89. The fourth-order valence-corrected chi connectivity index (χ4v) is 8.47. The van der Waals surface area contributed by atoms with Crippen LogP contribution in [0.4, 0.5) is 4.39 Å². The van der Waals surface area contributed by atoms with Gasteiger partial charge in [-0.05, 0) is 56.7 Å². The number of rotatable bonds is 4. The standard InChI is InChI=1S/C28H32FNO7/c1-25-8-6-16(32)10-15(25)4-5-18-19-11-23-28(22(34)14-31,26(19,2)12-21(33)27(18,25)29)37-24(36-23)17-13-30-9-7-20(17)35-3/h6-10,13,18-19,21,23-24,31,33H,4-5,11-12,14H2,1-3H3/t18-,19-,21-,23+,24?,25-,26-,27-,28+/m0/s1. The van der Waals surface area contributed by atoms with Crippen LogP contribution in [0, 0.1) is 22.7 Å². The number of carbonyl (C=O) groups excluding carboxylic acids is 2. The number of ketones is 2. The topological polar surface area (TPSA) is 115 Å². The number of fused-ring (bicyclic) bond motifs is 7. The maximum Gasteiger partial charge on any atom is 0.193 e. The summed E-state index contributed by atoms with van der Waals surface area (Å²) < 4.78 is 35.7. The molecule has 1 saturated heterocycles. The maximum atomic E-state index is 17.4. The predicted octanol–water partition coefficient (Wildman–Crippen LogP) is 2.79. The van der Waals surface area contributed by atoms with E-state index in [9.17, 15) is 19.8 Å². The van der Waals surface area contributed by atoms with E-state index in [2.05, 4.69) is 4.98 Å². The first-order chi connectivity index (χ1) is 17.6. The molecule has 4 aliphatic carbocycles. The van der Waals surface area contributed by atoms with E-state index in [1.807, 2.05) is 6.92 Å². The average Bonchev–Trinajstić information content (AvgIpc) is 3.38. The fraction of sp³-hybridized carbons (Fsp3) is 0.607. The Labute approximate surface area is 214 Å². The van der Waals surface area contributed by atoms with Gasteiger partial charge in [0.05, 0.1) is 24.9 Å². The van der Waals surface area contributed by atoms with Crippen molar-refractivity contribution < 1.29 is 38.4 Å². The molecule has 8 nitrogen and oxygen atoms in total. The van der Waals surface area contributed by atoms with Gasteiger partial charge < -0.3 is 24.4 Å². The number of aromatic nitrogens is 1.